The predicted molar refractivity (Wildman–Crippen MR) is 131 cm³/mol. The van der Waals surface area contributed by atoms with Crippen LogP contribution in [-0.4, -0.2) is 81.6 Å². The van der Waals surface area contributed by atoms with Gasteiger partial charge in [-0.15, -0.1) is 5.10 Å². The molecule has 4 N–H and O–H groups in total. The smallest absolute Gasteiger partial charge is 0.329 e. The van der Waals surface area contributed by atoms with Gasteiger partial charge in [-0.05, 0) is 30.3 Å². The fourth-order valence-electron chi connectivity index (χ4n) is 4.09. The van der Waals surface area contributed by atoms with E-state index in [1.54, 1.807) is 24.3 Å². The van der Waals surface area contributed by atoms with Crippen LogP contribution in [0.3, 0.4) is 0 Å². The Morgan fingerprint density at radius 1 is 1.15 bits per heavy atom. The number of aliphatic hydroxyl groups is 3. The second-order valence-corrected chi connectivity index (χ2v) is 8.98. The summed E-state index contributed by atoms with van der Waals surface area (Å²) in [6.07, 6.45) is -0.00885. The molecular formula is C24H22ClF3N6O6. The molecule has 0 saturated carbocycles. The van der Waals surface area contributed by atoms with Crippen molar-refractivity contribution in [2.75, 3.05) is 13.2 Å². The van der Waals surface area contributed by atoms with Crippen LogP contribution in [0.5, 0.6) is 0 Å². The van der Waals surface area contributed by atoms with Crippen molar-refractivity contribution in [3.05, 3.63) is 77.2 Å². The van der Waals surface area contributed by atoms with Gasteiger partial charge < -0.3 is 25.2 Å². The minimum atomic E-state index is -1.58. The molecule has 12 nitrogen and oxygen atoms in total. The Kier molecular flexibility index (Phi) is 9.11. The first-order valence-corrected chi connectivity index (χ1v) is 12.0. The molecule has 0 aliphatic carbocycles. The monoisotopic (exact) mass is 582 g/mol. The van der Waals surface area contributed by atoms with Crippen LogP contribution >= 0.6 is 11.6 Å². The molecule has 1 fully saturated rings. The van der Waals surface area contributed by atoms with Crippen molar-refractivity contribution in [1.82, 2.24) is 29.8 Å². The van der Waals surface area contributed by atoms with Gasteiger partial charge in [0.2, 0.25) is 0 Å². The van der Waals surface area contributed by atoms with Gasteiger partial charge in [-0.25, -0.2) is 32.3 Å². The lowest BCUT2D eigenvalue weighted by atomic mass is 9.95. The minimum absolute atomic E-state index is 0.0230. The van der Waals surface area contributed by atoms with Crippen molar-refractivity contribution in [3.8, 4) is 16.9 Å². The lowest BCUT2D eigenvalue weighted by Gasteiger charge is -2.38. The van der Waals surface area contributed by atoms with Gasteiger partial charge in [-0.1, -0.05) is 22.9 Å². The number of carbonyl (C=O) groups is 1. The summed E-state index contributed by atoms with van der Waals surface area (Å²) in [5.74, 6) is -5.09. The highest BCUT2D eigenvalue weighted by atomic mass is 35.5. The third-order valence-electron chi connectivity index (χ3n) is 5.93. The average molecular weight is 583 g/mol. The number of nitrogens with zero attached hydrogens (tertiary/aromatic N) is 6. The maximum atomic E-state index is 13.7. The van der Waals surface area contributed by atoms with E-state index in [4.69, 9.17) is 31.3 Å². The highest BCUT2D eigenvalue weighted by Crippen LogP contribution is 2.38. The molecule has 0 spiro atoms. The first-order chi connectivity index (χ1) is 19.1. The standard InChI is InChI=1S/C22H18ClF3N6O3.C2H4O3/c23-12-2-1-3-13(6-12)32-22(27-10-28-32)18-7-17(21(34)19(9-33)35-18)31-8-16(29-30-31)11-4-14(24)20(26)15(25)5-11;3-1-2(4)5/h1-6,8,10,17-19,21,33-34H,7,9H2;3H,1H2,(H,4,5). The lowest BCUT2D eigenvalue weighted by molar-refractivity contribution is -0.161. The number of aliphatic hydroxyl groups excluding tert-OH is 3. The summed E-state index contributed by atoms with van der Waals surface area (Å²) in [4.78, 5) is 13.4. The van der Waals surface area contributed by atoms with E-state index < -0.39 is 61.0 Å². The summed E-state index contributed by atoms with van der Waals surface area (Å²) in [6, 6.07) is 7.82. The van der Waals surface area contributed by atoms with Gasteiger partial charge in [0.15, 0.2) is 23.3 Å². The number of halogens is 4. The highest BCUT2D eigenvalue weighted by molar-refractivity contribution is 6.30. The molecule has 1 aliphatic heterocycles. The van der Waals surface area contributed by atoms with Gasteiger partial charge in [-0.2, -0.15) is 5.10 Å². The molecule has 4 atom stereocenters. The zero-order valence-electron chi connectivity index (χ0n) is 20.4. The largest absolute Gasteiger partial charge is 0.480 e. The molecule has 5 rings (SSSR count). The highest BCUT2D eigenvalue weighted by Gasteiger charge is 2.41. The number of aliphatic carboxylic acids is 1. The van der Waals surface area contributed by atoms with Gasteiger partial charge >= 0.3 is 5.97 Å². The number of carboxylic acid groups (broad SMARTS) is 1. The number of benzene rings is 2. The van der Waals surface area contributed by atoms with E-state index in [1.807, 2.05) is 0 Å². The van der Waals surface area contributed by atoms with Gasteiger partial charge in [0.05, 0.1) is 24.5 Å². The summed E-state index contributed by atoms with van der Waals surface area (Å²) < 4.78 is 49.5. The Morgan fingerprint density at radius 2 is 1.85 bits per heavy atom. The molecule has 0 radical (unpaired) electrons. The molecule has 1 saturated heterocycles. The predicted octanol–water partition coefficient (Wildman–Crippen LogP) is 2.08. The van der Waals surface area contributed by atoms with Crippen LogP contribution in [-0.2, 0) is 9.53 Å². The Hall–Kier alpha value is -3.89. The van der Waals surface area contributed by atoms with Crippen molar-refractivity contribution in [2.24, 2.45) is 0 Å². The summed E-state index contributed by atoms with van der Waals surface area (Å²) in [7, 11) is 0. The number of aromatic nitrogens is 6. The van der Waals surface area contributed by atoms with Crippen molar-refractivity contribution in [3.63, 3.8) is 0 Å². The van der Waals surface area contributed by atoms with E-state index in [9.17, 15) is 23.4 Å². The number of hydrogen-bond acceptors (Lipinski definition) is 9. The molecule has 0 bridgehead atoms. The van der Waals surface area contributed by atoms with E-state index in [0.717, 1.165) is 12.1 Å². The molecular weight excluding hydrogens is 561 g/mol. The zero-order valence-corrected chi connectivity index (χ0v) is 21.1. The molecule has 3 heterocycles. The van der Waals surface area contributed by atoms with Crippen LogP contribution in [0.25, 0.3) is 16.9 Å². The third kappa shape index (κ3) is 6.29. The molecule has 40 heavy (non-hydrogen) atoms. The molecule has 16 heteroatoms. The summed E-state index contributed by atoms with van der Waals surface area (Å²) >= 11 is 6.10. The molecule has 2 aromatic heterocycles. The van der Waals surface area contributed by atoms with Crippen LogP contribution in [0, 0.1) is 17.5 Å². The topological polar surface area (TPSA) is 169 Å². The molecule has 4 aromatic rings. The molecule has 212 valence electrons. The van der Waals surface area contributed by atoms with E-state index in [0.29, 0.717) is 16.5 Å². The van der Waals surface area contributed by atoms with Crippen LogP contribution in [0.1, 0.15) is 24.4 Å². The van der Waals surface area contributed by atoms with Gasteiger partial charge in [0.25, 0.3) is 0 Å². The normalized spacial score (nSPS) is 20.6. The third-order valence-corrected chi connectivity index (χ3v) is 6.16. The second-order valence-electron chi connectivity index (χ2n) is 8.54. The van der Waals surface area contributed by atoms with Crippen LogP contribution < -0.4 is 0 Å². The fourth-order valence-corrected chi connectivity index (χ4v) is 4.27. The Labute approximate surface area is 228 Å². The summed E-state index contributed by atoms with van der Waals surface area (Å²) in [6.45, 7) is -1.27. The van der Waals surface area contributed by atoms with Gasteiger partial charge in [-0.3, -0.25) is 0 Å². The molecule has 0 amide bonds. The van der Waals surface area contributed by atoms with E-state index >= 15 is 0 Å². The maximum absolute atomic E-state index is 13.7. The zero-order chi connectivity index (χ0) is 29.0. The maximum Gasteiger partial charge on any atom is 0.329 e. The van der Waals surface area contributed by atoms with E-state index in [-0.39, 0.29) is 17.7 Å². The number of carboxylic acids is 1. The van der Waals surface area contributed by atoms with Crippen LogP contribution in [0.4, 0.5) is 13.2 Å². The van der Waals surface area contributed by atoms with Gasteiger partial charge in [0.1, 0.15) is 36.9 Å². The van der Waals surface area contributed by atoms with Crippen LogP contribution in [0.15, 0.2) is 48.9 Å². The lowest BCUT2D eigenvalue weighted by Crippen LogP contribution is -2.45. The molecule has 1 aliphatic rings. The van der Waals surface area contributed by atoms with E-state index in [1.165, 1.54) is 21.9 Å². The minimum Gasteiger partial charge on any atom is -0.480 e. The average Bonchev–Trinajstić information content (AvgIpc) is 3.63. The molecule has 2 aromatic carbocycles. The quantitative estimate of drug-likeness (QED) is 0.247. The van der Waals surface area contributed by atoms with Crippen molar-refractivity contribution < 1.29 is 43.1 Å². The van der Waals surface area contributed by atoms with Crippen molar-refractivity contribution in [2.45, 2.75) is 30.8 Å². The van der Waals surface area contributed by atoms with Gasteiger partial charge in [0, 0.05) is 17.0 Å². The van der Waals surface area contributed by atoms with Crippen molar-refractivity contribution >= 4 is 17.6 Å². The Morgan fingerprint density at radius 3 is 2.48 bits per heavy atom. The Bertz CT molecular complexity index is 1460. The number of rotatable bonds is 6. The summed E-state index contributed by atoms with van der Waals surface area (Å²) in [5, 5.41) is 48.3. The number of hydrogen-bond donors (Lipinski definition) is 4. The molecule has 4 unspecified atom stereocenters. The Balaban J connectivity index is 0.000000681. The van der Waals surface area contributed by atoms with Crippen LogP contribution in [0.2, 0.25) is 5.02 Å². The van der Waals surface area contributed by atoms with E-state index in [2.05, 4.69) is 20.4 Å². The first kappa shape index (κ1) is 29.1. The number of ether oxygens (including phenoxy) is 1. The fraction of sp³-hybridized carbons (Fsp3) is 0.292. The first-order valence-electron chi connectivity index (χ1n) is 11.6. The second kappa shape index (κ2) is 12.5. The van der Waals surface area contributed by atoms with Crippen molar-refractivity contribution in [1.29, 1.82) is 0 Å². The summed E-state index contributed by atoms with van der Waals surface area (Å²) in [5.41, 5.74) is 0.686. The SMILES string of the molecule is O=C(O)CO.OCC1OC(c2ncnn2-c2cccc(Cl)c2)CC(n2cc(-c3cc(F)c(F)c(F)c3)nn2)C1O.